The number of hydrogen-bond acceptors (Lipinski definition) is 3. The minimum atomic E-state index is -0.110. The van der Waals surface area contributed by atoms with Gasteiger partial charge in [0.2, 0.25) is 0 Å². The zero-order valence-corrected chi connectivity index (χ0v) is 11.8. The molecule has 0 unspecified atom stereocenters. The van der Waals surface area contributed by atoms with Gasteiger partial charge in [-0.1, -0.05) is 25.1 Å². The molecule has 0 aliphatic rings. The maximum absolute atomic E-state index is 12.1. The van der Waals surface area contributed by atoms with Crippen molar-refractivity contribution in [3.05, 3.63) is 42.0 Å². The number of rotatable bonds is 6. The van der Waals surface area contributed by atoms with Gasteiger partial charge in [0.25, 0.3) is 0 Å². The van der Waals surface area contributed by atoms with Gasteiger partial charge in [-0.15, -0.1) is 0 Å². The summed E-state index contributed by atoms with van der Waals surface area (Å²) >= 11 is 0. The molecule has 104 valence electrons. The van der Waals surface area contributed by atoms with Gasteiger partial charge < -0.3 is 4.74 Å². The second-order valence-electron chi connectivity index (χ2n) is 4.82. The first-order valence-corrected chi connectivity index (χ1v) is 6.76. The molecule has 2 rings (SSSR count). The molecule has 0 atom stereocenters. The monoisotopic (exact) mass is 270 g/mol. The number of hydrogen-bond donors (Lipinski definition) is 0. The lowest BCUT2D eigenvalue weighted by molar-refractivity contribution is -0.118. The molecule has 0 aliphatic heterocycles. The van der Waals surface area contributed by atoms with Crippen molar-refractivity contribution in [3.8, 4) is 5.75 Å². The number of methoxy groups -OCH3 is 1. The van der Waals surface area contributed by atoms with Crippen molar-refractivity contribution in [2.75, 3.05) is 7.11 Å². The highest BCUT2D eigenvalue weighted by Gasteiger charge is 2.11. The smallest absolute Gasteiger partial charge is 0.170 e. The van der Waals surface area contributed by atoms with E-state index in [0.29, 0.717) is 12.0 Å². The Balaban J connectivity index is 2.23. The van der Waals surface area contributed by atoms with E-state index < -0.39 is 0 Å². The molecule has 2 aromatic carbocycles. The lowest BCUT2D eigenvalue weighted by Crippen LogP contribution is -2.07. The second-order valence-corrected chi connectivity index (χ2v) is 4.82. The highest BCUT2D eigenvalue weighted by molar-refractivity contribution is 6.09. The Hall–Kier alpha value is -2.16. The van der Waals surface area contributed by atoms with Crippen LogP contribution in [-0.4, -0.2) is 18.7 Å². The molecule has 0 saturated heterocycles. The first kappa shape index (κ1) is 14.3. The molecule has 2 aromatic rings. The highest BCUT2D eigenvalue weighted by Crippen LogP contribution is 2.22. The molecule has 0 aromatic heterocycles. The summed E-state index contributed by atoms with van der Waals surface area (Å²) in [5.41, 5.74) is 0.590. The van der Waals surface area contributed by atoms with Crippen LogP contribution in [0.4, 0.5) is 0 Å². The van der Waals surface area contributed by atoms with Crippen LogP contribution in [0, 0.1) is 0 Å². The summed E-state index contributed by atoms with van der Waals surface area (Å²) in [5.74, 6) is 0.684. The lowest BCUT2D eigenvalue weighted by atomic mass is 10.0. The van der Waals surface area contributed by atoms with Gasteiger partial charge in [0, 0.05) is 12.0 Å². The van der Waals surface area contributed by atoms with Gasteiger partial charge in [0.1, 0.15) is 11.5 Å². The minimum absolute atomic E-state index is 0.00446. The van der Waals surface area contributed by atoms with Crippen molar-refractivity contribution in [2.24, 2.45) is 0 Å². The van der Waals surface area contributed by atoms with Crippen LogP contribution in [-0.2, 0) is 4.79 Å². The fourth-order valence-corrected chi connectivity index (χ4v) is 2.17. The summed E-state index contributed by atoms with van der Waals surface area (Å²) in [6.07, 6.45) is 1.25. The summed E-state index contributed by atoms with van der Waals surface area (Å²) in [4.78, 5) is 23.6. The normalized spacial score (nSPS) is 10.5. The molecule has 0 amide bonds. The van der Waals surface area contributed by atoms with Gasteiger partial charge in [-0.2, -0.15) is 0 Å². The van der Waals surface area contributed by atoms with Crippen molar-refractivity contribution in [1.29, 1.82) is 0 Å². The predicted molar refractivity (Wildman–Crippen MR) is 79.4 cm³/mol. The van der Waals surface area contributed by atoms with E-state index in [1.54, 1.807) is 13.2 Å². The molecule has 3 heteroatoms. The first-order valence-electron chi connectivity index (χ1n) is 6.76. The van der Waals surface area contributed by atoms with E-state index in [0.717, 1.165) is 22.9 Å². The molecule has 0 spiro atoms. The largest absolute Gasteiger partial charge is 0.497 e. The van der Waals surface area contributed by atoms with E-state index in [4.69, 9.17) is 4.74 Å². The van der Waals surface area contributed by atoms with Gasteiger partial charge in [-0.25, -0.2) is 0 Å². The van der Waals surface area contributed by atoms with Gasteiger partial charge in [0.15, 0.2) is 5.78 Å². The molecule has 0 saturated carbocycles. The van der Waals surface area contributed by atoms with Crippen molar-refractivity contribution in [3.63, 3.8) is 0 Å². The lowest BCUT2D eigenvalue weighted by Gasteiger charge is -2.05. The number of ketones is 2. The Morgan fingerprint density at radius 2 is 1.75 bits per heavy atom. The van der Waals surface area contributed by atoms with Crippen molar-refractivity contribution >= 4 is 22.3 Å². The Bertz CT molecular complexity index is 644. The zero-order valence-electron chi connectivity index (χ0n) is 11.8. The predicted octanol–water partition coefficient (Wildman–Crippen LogP) is 3.79. The van der Waals surface area contributed by atoms with Crippen molar-refractivity contribution < 1.29 is 14.3 Å². The molecule has 3 nitrogen and oxygen atoms in total. The highest BCUT2D eigenvalue weighted by atomic mass is 16.5. The van der Waals surface area contributed by atoms with E-state index in [1.165, 1.54) is 0 Å². The maximum atomic E-state index is 12.1. The van der Waals surface area contributed by atoms with Crippen molar-refractivity contribution in [2.45, 2.75) is 26.2 Å². The molecule has 20 heavy (non-hydrogen) atoms. The van der Waals surface area contributed by atoms with E-state index in [-0.39, 0.29) is 18.0 Å². The quantitative estimate of drug-likeness (QED) is 0.592. The number of ether oxygens (including phenoxy) is 1. The van der Waals surface area contributed by atoms with Crippen LogP contribution >= 0.6 is 0 Å². The average Bonchev–Trinajstić information content (AvgIpc) is 2.46. The van der Waals surface area contributed by atoms with Crippen LogP contribution in [0.25, 0.3) is 10.8 Å². The Labute approximate surface area is 118 Å². The zero-order chi connectivity index (χ0) is 14.5. The number of fused-ring (bicyclic) bond motifs is 1. The standard InChI is InChI=1S/C17H18O3/c1-3-4-15(18)11-17(19)14-6-5-13-10-16(20-2)8-7-12(13)9-14/h5-10H,3-4,11H2,1-2H3. The summed E-state index contributed by atoms with van der Waals surface area (Å²) in [7, 11) is 1.62. The van der Waals surface area contributed by atoms with E-state index >= 15 is 0 Å². The number of carbonyl (C=O) groups is 2. The summed E-state index contributed by atoms with van der Waals surface area (Å²) in [6, 6.07) is 11.2. The Morgan fingerprint density at radius 3 is 2.45 bits per heavy atom. The van der Waals surface area contributed by atoms with Crippen LogP contribution in [0.1, 0.15) is 36.5 Å². The topological polar surface area (TPSA) is 43.4 Å². The van der Waals surface area contributed by atoms with Gasteiger partial charge in [-0.05, 0) is 35.4 Å². The molecule has 0 aliphatic carbocycles. The van der Waals surface area contributed by atoms with Crippen LogP contribution < -0.4 is 4.74 Å². The average molecular weight is 270 g/mol. The Kier molecular flexibility index (Phi) is 4.51. The Morgan fingerprint density at radius 1 is 1.05 bits per heavy atom. The molecule has 0 heterocycles. The van der Waals surface area contributed by atoms with Crippen molar-refractivity contribution in [1.82, 2.24) is 0 Å². The van der Waals surface area contributed by atoms with Crippen LogP contribution in [0.15, 0.2) is 36.4 Å². The van der Waals surface area contributed by atoms with Crippen LogP contribution in [0.5, 0.6) is 5.75 Å². The summed E-state index contributed by atoms with van der Waals surface area (Å²) < 4.78 is 5.17. The summed E-state index contributed by atoms with van der Waals surface area (Å²) in [5, 5.41) is 1.99. The SMILES string of the molecule is CCCC(=O)CC(=O)c1ccc2cc(OC)ccc2c1. The third-order valence-electron chi connectivity index (χ3n) is 3.26. The number of Topliss-reactive ketones (excluding diaryl/α,β-unsaturated/α-hetero) is 2. The van der Waals surface area contributed by atoms with Crippen LogP contribution in [0.2, 0.25) is 0 Å². The molecular formula is C17H18O3. The maximum Gasteiger partial charge on any atom is 0.170 e. The fourth-order valence-electron chi connectivity index (χ4n) is 2.17. The first-order chi connectivity index (χ1) is 9.63. The summed E-state index contributed by atoms with van der Waals surface area (Å²) in [6.45, 7) is 1.94. The fraction of sp³-hybridized carbons (Fsp3) is 0.294. The van der Waals surface area contributed by atoms with E-state index in [2.05, 4.69) is 0 Å². The molecule has 0 bridgehead atoms. The molecular weight excluding hydrogens is 252 g/mol. The molecule has 0 N–H and O–H groups in total. The third-order valence-corrected chi connectivity index (χ3v) is 3.26. The van der Waals surface area contributed by atoms with Gasteiger partial charge in [0.05, 0.1) is 13.5 Å². The second kappa shape index (κ2) is 6.33. The molecule has 0 fully saturated rings. The number of carbonyl (C=O) groups excluding carboxylic acids is 2. The third kappa shape index (κ3) is 3.23. The van der Waals surface area contributed by atoms with Gasteiger partial charge in [-0.3, -0.25) is 9.59 Å². The van der Waals surface area contributed by atoms with E-state index in [9.17, 15) is 9.59 Å². The van der Waals surface area contributed by atoms with E-state index in [1.807, 2.05) is 37.3 Å². The molecule has 0 radical (unpaired) electrons. The van der Waals surface area contributed by atoms with Gasteiger partial charge >= 0.3 is 0 Å². The van der Waals surface area contributed by atoms with Crippen LogP contribution in [0.3, 0.4) is 0 Å². The number of benzene rings is 2. The minimum Gasteiger partial charge on any atom is -0.497 e.